The zero-order valence-corrected chi connectivity index (χ0v) is 20.9. The number of urea groups is 1. The summed E-state index contributed by atoms with van der Waals surface area (Å²) >= 11 is 6.35. The summed E-state index contributed by atoms with van der Waals surface area (Å²) in [6.45, 7) is 6.91. The number of anilines is 2. The summed E-state index contributed by atoms with van der Waals surface area (Å²) in [4.78, 5) is 27.5. The molecule has 0 fully saturated rings. The maximum absolute atomic E-state index is 13.2. The molecule has 0 radical (unpaired) electrons. The van der Waals surface area contributed by atoms with Crippen LogP contribution in [0.5, 0.6) is 5.75 Å². The minimum Gasteiger partial charge on any atom is -0.480 e. The van der Waals surface area contributed by atoms with Crippen molar-refractivity contribution in [1.82, 2.24) is 4.90 Å². The normalized spacial score (nSPS) is 15.3. The second kappa shape index (κ2) is 10.8. The van der Waals surface area contributed by atoms with Gasteiger partial charge >= 0.3 is 6.03 Å². The third kappa shape index (κ3) is 5.95. The van der Waals surface area contributed by atoms with Crippen molar-refractivity contribution < 1.29 is 14.3 Å². The molecule has 3 aromatic carbocycles. The second-order valence-electron chi connectivity index (χ2n) is 8.98. The van der Waals surface area contributed by atoms with Crippen LogP contribution in [0, 0.1) is 0 Å². The molecular formula is C28H30ClN3O3. The number of fused-ring (bicyclic) bond motifs is 1. The highest BCUT2D eigenvalue weighted by Crippen LogP contribution is 2.31. The van der Waals surface area contributed by atoms with E-state index in [1.165, 1.54) is 5.56 Å². The highest BCUT2D eigenvalue weighted by Gasteiger charge is 2.30. The number of hydrogen-bond donors (Lipinski definition) is 2. The molecule has 1 atom stereocenters. The molecule has 4 rings (SSSR count). The van der Waals surface area contributed by atoms with Gasteiger partial charge in [-0.3, -0.25) is 4.79 Å². The first-order valence-corrected chi connectivity index (χ1v) is 12.2. The Bertz CT molecular complexity index is 1210. The summed E-state index contributed by atoms with van der Waals surface area (Å²) < 4.78 is 6.05. The first-order chi connectivity index (χ1) is 16.8. The molecule has 0 spiro atoms. The van der Waals surface area contributed by atoms with Crippen molar-refractivity contribution in [1.29, 1.82) is 0 Å². The Morgan fingerprint density at radius 1 is 1.06 bits per heavy atom. The van der Waals surface area contributed by atoms with Crippen LogP contribution in [0.3, 0.4) is 0 Å². The van der Waals surface area contributed by atoms with Crippen LogP contribution in [0.4, 0.5) is 16.2 Å². The SMILES string of the molecule is CCC1Oc2ccc(NC(=O)Nc3ccc(C(C)C)cc3)cc2CN(Cc2ccccc2Cl)C1=O. The van der Waals surface area contributed by atoms with E-state index in [4.69, 9.17) is 16.3 Å². The molecule has 3 aromatic rings. The van der Waals surface area contributed by atoms with Gasteiger partial charge in [0.25, 0.3) is 5.91 Å². The standard InChI is InChI=1S/C28H30ClN3O3/c1-4-25-27(33)32(16-20-7-5-6-8-24(20)29)17-21-15-23(13-14-26(21)35-25)31-28(34)30-22-11-9-19(10-12-22)18(2)3/h5-15,18,25H,4,16-17H2,1-3H3,(H2,30,31,34). The Kier molecular flexibility index (Phi) is 7.61. The van der Waals surface area contributed by atoms with Gasteiger partial charge in [-0.2, -0.15) is 0 Å². The molecule has 1 aliphatic heterocycles. The zero-order valence-electron chi connectivity index (χ0n) is 20.2. The summed E-state index contributed by atoms with van der Waals surface area (Å²) in [5.41, 5.74) is 4.23. The van der Waals surface area contributed by atoms with Crippen LogP contribution in [0.25, 0.3) is 0 Å². The largest absolute Gasteiger partial charge is 0.480 e. The number of benzene rings is 3. The minimum atomic E-state index is -0.574. The maximum Gasteiger partial charge on any atom is 0.323 e. The number of nitrogens with one attached hydrogen (secondary N) is 2. The van der Waals surface area contributed by atoms with E-state index in [-0.39, 0.29) is 11.9 Å². The van der Waals surface area contributed by atoms with Crippen molar-refractivity contribution in [3.05, 3.63) is 88.4 Å². The van der Waals surface area contributed by atoms with E-state index in [1.54, 1.807) is 17.0 Å². The van der Waals surface area contributed by atoms with E-state index in [0.29, 0.717) is 47.6 Å². The molecule has 0 saturated heterocycles. The second-order valence-corrected chi connectivity index (χ2v) is 9.39. The average molecular weight is 492 g/mol. The number of halogens is 1. The van der Waals surface area contributed by atoms with Gasteiger partial charge in [-0.25, -0.2) is 4.79 Å². The molecule has 6 nitrogen and oxygen atoms in total. The van der Waals surface area contributed by atoms with Crippen LogP contribution >= 0.6 is 11.6 Å². The van der Waals surface area contributed by atoms with Crippen LogP contribution in [0.15, 0.2) is 66.7 Å². The summed E-state index contributed by atoms with van der Waals surface area (Å²) in [6.07, 6.45) is -0.0235. The molecule has 0 bridgehead atoms. The monoisotopic (exact) mass is 491 g/mol. The fraction of sp³-hybridized carbons (Fsp3) is 0.286. The molecule has 1 aliphatic rings. The van der Waals surface area contributed by atoms with Gasteiger partial charge in [0.1, 0.15) is 5.75 Å². The molecule has 0 aliphatic carbocycles. The van der Waals surface area contributed by atoms with Crippen LogP contribution < -0.4 is 15.4 Å². The molecule has 0 aromatic heterocycles. The topological polar surface area (TPSA) is 70.7 Å². The Labute approximate surface area is 211 Å². The van der Waals surface area contributed by atoms with Gasteiger partial charge in [-0.1, -0.05) is 62.7 Å². The lowest BCUT2D eigenvalue weighted by Crippen LogP contribution is -2.38. The Balaban J connectivity index is 1.50. The Morgan fingerprint density at radius 3 is 2.43 bits per heavy atom. The van der Waals surface area contributed by atoms with Crippen LogP contribution in [0.1, 0.15) is 49.8 Å². The van der Waals surface area contributed by atoms with Crippen molar-refractivity contribution in [2.45, 2.75) is 52.3 Å². The number of carbonyl (C=O) groups excluding carboxylic acids is 2. The lowest BCUT2D eigenvalue weighted by atomic mass is 10.0. The van der Waals surface area contributed by atoms with Gasteiger partial charge in [-0.05, 0) is 59.9 Å². The minimum absolute atomic E-state index is 0.0827. The smallest absolute Gasteiger partial charge is 0.323 e. The molecule has 3 amide bonds. The fourth-order valence-corrected chi connectivity index (χ4v) is 4.25. The van der Waals surface area contributed by atoms with E-state index in [0.717, 1.165) is 11.1 Å². The third-order valence-electron chi connectivity index (χ3n) is 6.06. The van der Waals surface area contributed by atoms with Crippen LogP contribution in [-0.2, 0) is 17.9 Å². The molecule has 1 unspecified atom stereocenters. The number of amides is 3. The first kappa shape index (κ1) is 24.6. The van der Waals surface area contributed by atoms with Gasteiger partial charge in [0.2, 0.25) is 0 Å². The number of ether oxygens (including phenoxy) is 1. The maximum atomic E-state index is 13.2. The van der Waals surface area contributed by atoms with Gasteiger partial charge in [-0.15, -0.1) is 0 Å². The van der Waals surface area contributed by atoms with E-state index < -0.39 is 6.10 Å². The fourth-order valence-electron chi connectivity index (χ4n) is 4.06. The molecule has 182 valence electrons. The predicted molar refractivity (Wildman–Crippen MR) is 140 cm³/mol. The van der Waals surface area contributed by atoms with Crippen molar-refractivity contribution in [2.24, 2.45) is 0 Å². The van der Waals surface area contributed by atoms with Gasteiger partial charge in [0.05, 0.1) is 0 Å². The highest BCUT2D eigenvalue weighted by atomic mass is 35.5. The Morgan fingerprint density at radius 2 is 1.74 bits per heavy atom. The van der Waals surface area contributed by atoms with Gasteiger partial charge < -0.3 is 20.3 Å². The first-order valence-electron chi connectivity index (χ1n) is 11.8. The molecule has 0 saturated carbocycles. The number of rotatable bonds is 6. The molecule has 35 heavy (non-hydrogen) atoms. The zero-order chi connectivity index (χ0) is 24.9. The molecular weight excluding hydrogens is 462 g/mol. The van der Waals surface area contributed by atoms with Crippen molar-refractivity contribution in [3.63, 3.8) is 0 Å². The Hall–Kier alpha value is -3.51. The number of hydrogen-bond acceptors (Lipinski definition) is 3. The van der Waals surface area contributed by atoms with Crippen LogP contribution in [-0.4, -0.2) is 22.9 Å². The quantitative estimate of drug-likeness (QED) is 0.398. The lowest BCUT2D eigenvalue weighted by Gasteiger charge is -2.23. The highest BCUT2D eigenvalue weighted by molar-refractivity contribution is 6.31. The average Bonchev–Trinajstić information content (AvgIpc) is 2.96. The predicted octanol–water partition coefficient (Wildman–Crippen LogP) is 6.81. The van der Waals surface area contributed by atoms with Crippen molar-refractivity contribution >= 4 is 34.9 Å². The summed E-state index contributed by atoms with van der Waals surface area (Å²) in [5, 5.41) is 6.36. The summed E-state index contributed by atoms with van der Waals surface area (Å²) in [6, 6.07) is 20.4. The van der Waals surface area contributed by atoms with Crippen molar-refractivity contribution in [2.75, 3.05) is 10.6 Å². The summed E-state index contributed by atoms with van der Waals surface area (Å²) in [7, 11) is 0. The van der Waals surface area contributed by atoms with Crippen molar-refractivity contribution in [3.8, 4) is 5.75 Å². The molecule has 2 N–H and O–H groups in total. The number of carbonyl (C=O) groups is 2. The number of nitrogens with zero attached hydrogens (tertiary/aromatic N) is 1. The lowest BCUT2D eigenvalue weighted by molar-refractivity contribution is -0.139. The van der Waals surface area contributed by atoms with E-state index in [1.807, 2.05) is 61.5 Å². The summed E-state index contributed by atoms with van der Waals surface area (Å²) in [5.74, 6) is 0.985. The van der Waals surface area contributed by atoms with E-state index >= 15 is 0 Å². The van der Waals surface area contributed by atoms with E-state index in [2.05, 4.69) is 24.5 Å². The van der Waals surface area contributed by atoms with Gasteiger partial charge in [0, 0.05) is 35.1 Å². The van der Waals surface area contributed by atoms with Crippen LogP contribution in [0.2, 0.25) is 5.02 Å². The molecule has 1 heterocycles. The van der Waals surface area contributed by atoms with E-state index in [9.17, 15) is 9.59 Å². The molecule has 7 heteroatoms. The van der Waals surface area contributed by atoms with Gasteiger partial charge in [0.15, 0.2) is 6.10 Å². The third-order valence-corrected chi connectivity index (χ3v) is 6.43.